The van der Waals surface area contributed by atoms with E-state index in [2.05, 4.69) is 0 Å². The van der Waals surface area contributed by atoms with Gasteiger partial charge in [-0.05, 0) is 11.6 Å². The highest BCUT2D eigenvalue weighted by molar-refractivity contribution is 5.39. The number of hydrogen-bond donors (Lipinski definition) is 1. The smallest absolute Gasteiger partial charge is 0.307 e. The van der Waals surface area contributed by atoms with Gasteiger partial charge in [-0.15, -0.1) is 0 Å². The molecule has 1 aromatic rings. The molecule has 0 atom stereocenters. The van der Waals surface area contributed by atoms with Gasteiger partial charge in [0.2, 0.25) is 5.82 Å². The maximum atomic E-state index is 13.5. The first-order valence-electron chi connectivity index (χ1n) is 4.54. The van der Waals surface area contributed by atoms with Crippen LogP contribution in [0.25, 0.3) is 0 Å². The Morgan fingerprint density at radius 3 is 2.38 bits per heavy atom. The Hall–Kier alpha value is -1.56. The lowest BCUT2D eigenvalue weighted by Crippen LogP contribution is -2.24. The molecule has 1 aromatic carbocycles. The van der Waals surface area contributed by atoms with E-state index in [9.17, 15) is 18.9 Å². The van der Waals surface area contributed by atoms with Gasteiger partial charge in [0.15, 0.2) is 0 Å². The van der Waals surface area contributed by atoms with E-state index in [1.165, 1.54) is 13.8 Å². The van der Waals surface area contributed by atoms with Gasteiger partial charge in [-0.1, -0.05) is 13.8 Å². The van der Waals surface area contributed by atoms with E-state index < -0.39 is 27.7 Å². The maximum absolute atomic E-state index is 13.5. The highest BCUT2D eigenvalue weighted by Crippen LogP contribution is 2.29. The van der Waals surface area contributed by atoms with E-state index in [1.807, 2.05) is 0 Å². The average Bonchev–Trinajstić information content (AvgIpc) is 2.20. The predicted octanol–water partition coefficient (Wildman–Crippen LogP) is 2.14. The number of aliphatic hydroxyl groups excluding tert-OH is 1. The molecule has 0 aliphatic carbocycles. The van der Waals surface area contributed by atoms with E-state index in [0.717, 1.165) is 6.07 Å². The number of rotatable bonds is 3. The first kappa shape index (κ1) is 12.5. The van der Waals surface area contributed by atoms with Crippen LogP contribution in [0.1, 0.15) is 19.4 Å². The van der Waals surface area contributed by atoms with E-state index in [1.54, 1.807) is 0 Å². The molecule has 0 amide bonds. The quantitative estimate of drug-likeness (QED) is 0.640. The molecule has 0 unspecified atom stereocenters. The molecule has 6 heteroatoms. The predicted molar refractivity (Wildman–Crippen MR) is 53.1 cm³/mol. The summed E-state index contributed by atoms with van der Waals surface area (Å²) in [4.78, 5) is 9.36. The molecule has 1 N–H and O–H groups in total. The van der Waals surface area contributed by atoms with Gasteiger partial charge in [-0.3, -0.25) is 10.1 Å². The molecule has 0 saturated heterocycles. The zero-order valence-electron chi connectivity index (χ0n) is 8.83. The second kappa shape index (κ2) is 4.13. The van der Waals surface area contributed by atoms with Crippen LogP contribution in [0.2, 0.25) is 0 Å². The number of benzene rings is 1. The molecular weight excluding hydrogens is 220 g/mol. The molecule has 88 valence electrons. The highest BCUT2D eigenvalue weighted by Gasteiger charge is 2.27. The average molecular weight is 231 g/mol. The molecule has 0 saturated carbocycles. The van der Waals surface area contributed by atoms with Gasteiger partial charge in [-0.2, -0.15) is 4.39 Å². The van der Waals surface area contributed by atoms with Crippen LogP contribution in [0.5, 0.6) is 0 Å². The Bertz CT molecular complexity index is 432. The molecule has 0 heterocycles. The van der Waals surface area contributed by atoms with E-state index >= 15 is 0 Å². The summed E-state index contributed by atoms with van der Waals surface area (Å²) in [6.07, 6.45) is 0. The molecule has 4 nitrogen and oxygen atoms in total. The van der Waals surface area contributed by atoms with E-state index in [-0.39, 0.29) is 12.2 Å². The van der Waals surface area contributed by atoms with Crippen molar-refractivity contribution in [3.63, 3.8) is 0 Å². The fourth-order valence-electron chi connectivity index (χ4n) is 1.28. The zero-order chi connectivity index (χ0) is 12.5. The van der Waals surface area contributed by atoms with Gasteiger partial charge >= 0.3 is 5.69 Å². The summed E-state index contributed by atoms with van der Waals surface area (Å²) in [7, 11) is 0. The Morgan fingerprint density at radius 1 is 1.38 bits per heavy atom. The van der Waals surface area contributed by atoms with Gasteiger partial charge in [0, 0.05) is 5.41 Å². The van der Waals surface area contributed by atoms with Crippen LogP contribution in [0.4, 0.5) is 14.5 Å². The lowest BCUT2D eigenvalue weighted by molar-refractivity contribution is -0.387. The van der Waals surface area contributed by atoms with Crippen molar-refractivity contribution in [2.24, 2.45) is 0 Å². The van der Waals surface area contributed by atoms with Crippen molar-refractivity contribution >= 4 is 5.69 Å². The largest absolute Gasteiger partial charge is 0.395 e. The Labute approximate surface area is 90.7 Å². The molecule has 0 aliphatic heterocycles. The summed E-state index contributed by atoms with van der Waals surface area (Å²) in [5, 5.41) is 19.4. The minimum atomic E-state index is -1.11. The topological polar surface area (TPSA) is 63.4 Å². The van der Waals surface area contributed by atoms with Crippen LogP contribution >= 0.6 is 0 Å². The van der Waals surface area contributed by atoms with Crippen LogP contribution in [-0.4, -0.2) is 16.6 Å². The van der Waals surface area contributed by atoms with Gasteiger partial charge in [0.05, 0.1) is 17.6 Å². The van der Waals surface area contributed by atoms with Crippen molar-refractivity contribution in [3.8, 4) is 0 Å². The molecular formula is C10H11F2NO3. The third-order valence-electron chi connectivity index (χ3n) is 2.36. The number of hydrogen-bond acceptors (Lipinski definition) is 3. The van der Waals surface area contributed by atoms with Gasteiger partial charge < -0.3 is 5.11 Å². The summed E-state index contributed by atoms with van der Waals surface area (Å²) in [5.74, 6) is -2.00. The molecule has 0 spiro atoms. The first-order valence-corrected chi connectivity index (χ1v) is 4.54. The van der Waals surface area contributed by atoms with Crippen LogP contribution in [0.3, 0.4) is 0 Å². The third kappa shape index (κ3) is 2.16. The second-order valence-corrected chi connectivity index (χ2v) is 4.08. The Balaban J connectivity index is 3.37. The summed E-state index contributed by atoms with van der Waals surface area (Å²) in [6, 6.07) is 1.28. The minimum absolute atomic E-state index is 0.0851. The van der Waals surface area contributed by atoms with Crippen molar-refractivity contribution in [1.82, 2.24) is 0 Å². The maximum Gasteiger partial charge on any atom is 0.307 e. The fraction of sp³-hybridized carbons (Fsp3) is 0.400. The lowest BCUT2D eigenvalue weighted by atomic mass is 9.85. The molecule has 0 bridgehead atoms. The molecule has 1 rings (SSSR count). The molecule has 0 radical (unpaired) electrons. The van der Waals surface area contributed by atoms with Crippen molar-refractivity contribution < 1.29 is 18.8 Å². The van der Waals surface area contributed by atoms with Crippen LogP contribution in [-0.2, 0) is 5.41 Å². The third-order valence-corrected chi connectivity index (χ3v) is 2.36. The van der Waals surface area contributed by atoms with Gasteiger partial charge in [0.1, 0.15) is 5.82 Å². The van der Waals surface area contributed by atoms with Crippen LogP contribution in [0, 0.1) is 21.7 Å². The molecule has 0 aliphatic rings. The first-order chi connectivity index (χ1) is 7.29. The summed E-state index contributed by atoms with van der Waals surface area (Å²) in [6.45, 7) is 2.63. The summed E-state index contributed by atoms with van der Waals surface area (Å²) < 4.78 is 26.7. The molecule has 0 aromatic heterocycles. The minimum Gasteiger partial charge on any atom is -0.395 e. The zero-order valence-corrected chi connectivity index (χ0v) is 8.83. The van der Waals surface area contributed by atoms with Gasteiger partial charge in [0.25, 0.3) is 0 Å². The fourth-order valence-corrected chi connectivity index (χ4v) is 1.28. The van der Waals surface area contributed by atoms with E-state index in [4.69, 9.17) is 5.11 Å². The molecule has 0 fully saturated rings. The molecule has 16 heavy (non-hydrogen) atoms. The normalized spacial score (nSPS) is 11.6. The number of halogens is 2. The van der Waals surface area contributed by atoms with Crippen molar-refractivity contribution in [2.75, 3.05) is 6.61 Å². The summed E-state index contributed by atoms with van der Waals surface area (Å²) >= 11 is 0. The van der Waals surface area contributed by atoms with Crippen molar-refractivity contribution in [1.29, 1.82) is 0 Å². The monoisotopic (exact) mass is 231 g/mol. The van der Waals surface area contributed by atoms with E-state index in [0.29, 0.717) is 6.07 Å². The number of nitrogens with zero attached hydrogens (tertiary/aromatic N) is 1. The van der Waals surface area contributed by atoms with Crippen molar-refractivity contribution in [2.45, 2.75) is 19.3 Å². The number of nitro groups is 1. The van der Waals surface area contributed by atoms with Crippen molar-refractivity contribution in [3.05, 3.63) is 39.4 Å². The number of aliphatic hydroxyl groups is 1. The highest BCUT2D eigenvalue weighted by atomic mass is 19.1. The number of nitro benzene ring substituents is 1. The van der Waals surface area contributed by atoms with Crippen LogP contribution in [0.15, 0.2) is 12.1 Å². The lowest BCUT2D eigenvalue weighted by Gasteiger charge is -2.22. The Morgan fingerprint density at radius 2 is 1.94 bits per heavy atom. The van der Waals surface area contributed by atoms with Gasteiger partial charge in [-0.25, -0.2) is 4.39 Å². The standard InChI is InChI=1S/C10H11F2NO3/c1-10(2,5-14)6-3-8(12)9(13(15)16)4-7(6)11/h3-4,14H,5H2,1-2H3. The van der Waals surface area contributed by atoms with Crippen LogP contribution < -0.4 is 0 Å². The SMILES string of the molecule is CC(C)(CO)c1cc(F)c([N+](=O)[O-])cc1F. The summed E-state index contributed by atoms with van der Waals surface area (Å²) in [5.41, 5.74) is -1.98. The second-order valence-electron chi connectivity index (χ2n) is 4.08. The Kier molecular flexibility index (Phi) is 3.23.